The van der Waals surface area contributed by atoms with E-state index < -0.39 is 0 Å². The fourth-order valence-corrected chi connectivity index (χ4v) is 0.211. The summed E-state index contributed by atoms with van der Waals surface area (Å²) in [4.78, 5) is 2.00. The molecule has 0 aliphatic heterocycles. The Morgan fingerprint density at radius 3 is 1.86 bits per heavy atom. The fourth-order valence-electron chi connectivity index (χ4n) is 0.211. The molecule has 0 bridgehead atoms. The van der Waals surface area contributed by atoms with E-state index >= 15 is 0 Å². The minimum Gasteiger partial charge on any atom is -0.329 e. The highest BCUT2D eigenvalue weighted by atomic mass is 16.5. The van der Waals surface area contributed by atoms with Crippen LogP contribution >= 0.6 is 0 Å². The molecule has 2 nitrogen and oxygen atoms in total. The van der Waals surface area contributed by atoms with Crippen LogP contribution in [0.3, 0.4) is 0 Å². The van der Waals surface area contributed by atoms with Gasteiger partial charge in [0.2, 0.25) is 6.23 Å². The van der Waals surface area contributed by atoms with Crippen molar-refractivity contribution in [2.75, 3.05) is 21.2 Å². The molecule has 0 heterocycles. The van der Waals surface area contributed by atoms with Crippen LogP contribution in [0.5, 0.6) is 0 Å². The second kappa shape index (κ2) is 2.99. The zero-order valence-corrected chi connectivity index (χ0v) is 5.43. The van der Waals surface area contributed by atoms with Crippen LogP contribution in [0.4, 0.5) is 0 Å². The monoisotopic (exact) mass is 103 g/mol. The third-order valence-corrected chi connectivity index (χ3v) is 1.07. The van der Waals surface area contributed by atoms with Crippen molar-refractivity contribution < 1.29 is 4.74 Å². The Morgan fingerprint density at radius 1 is 1.43 bits per heavy atom. The van der Waals surface area contributed by atoms with Crippen molar-refractivity contribution in [1.29, 1.82) is 0 Å². The number of ether oxygens (including phenoxy) is 1. The molecule has 0 N–H and O–H groups in total. The van der Waals surface area contributed by atoms with Gasteiger partial charge in [-0.1, -0.05) is 0 Å². The van der Waals surface area contributed by atoms with Crippen molar-refractivity contribution in [3.8, 4) is 0 Å². The second-order valence-electron chi connectivity index (χ2n) is 1.80. The molecule has 0 spiro atoms. The van der Waals surface area contributed by atoms with E-state index in [0.717, 1.165) is 0 Å². The number of nitrogens with zero attached hydrogens (tertiary/aromatic N) is 1. The summed E-state index contributed by atoms with van der Waals surface area (Å²) in [5.74, 6) is 0. The quantitative estimate of drug-likeness (QED) is 0.364. The summed E-state index contributed by atoms with van der Waals surface area (Å²) in [6, 6.07) is 0. The molecular weight excluding hydrogens is 90.1 g/mol. The van der Waals surface area contributed by atoms with Crippen LogP contribution in [0.1, 0.15) is 6.92 Å². The largest absolute Gasteiger partial charge is 0.329 e. The van der Waals surface area contributed by atoms with Crippen LogP contribution < -0.4 is 4.90 Å². The van der Waals surface area contributed by atoms with Crippen molar-refractivity contribution in [3.63, 3.8) is 0 Å². The average molecular weight is 103 g/mol. The molecule has 0 aromatic heterocycles. The van der Waals surface area contributed by atoms with E-state index in [1.807, 2.05) is 25.9 Å². The van der Waals surface area contributed by atoms with Gasteiger partial charge in [-0.2, -0.15) is 0 Å². The molecule has 1 unspecified atom stereocenters. The predicted octanol–water partition coefficient (Wildman–Crippen LogP) is 0.379. The topological polar surface area (TPSA) is 15.1 Å². The van der Waals surface area contributed by atoms with E-state index in [4.69, 9.17) is 4.74 Å². The molecule has 0 rings (SSSR count). The lowest BCUT2D eigenvalue weighted by molar-refractivity contribution is 0.0566. The number of rotatable bonds is 2. The van der Waals surface area contributed by atoms with Crippen LogP contribution in [-0.2, 0) is 4.74 Å². The molecule has 43 valence electrons. The standard InChI is InChI=1S/C5H13NO/c1-5(7-4)6(2)3/h5H,1-4H3/q+1. The van der Waals surface area contributed by atoms with Gasteiger partial charge in [0.15, 0.2) is 0 Å². The molecule has 0 fully saturated rings. The zero-order chi connectivity index (χ0) is 5.86. The van der Waals surface area contributed by atoms with Crippen LogP contribution in [0.2, 0.25) is 0 Å². The minimum absolute atomic E-state index is 0.236. The third-order valence-electron chi connectivity index (χ3n) is 1.07. The summed E-state index contributed by atoms with van der Waals surface area (Å²) in [6.45, 7) is 2.00. The highest BCUT2D eigenvalue weighted by molar-refractivity contribution is 4.47. The highest BCUT2D eigenvalue weighted by Gasteiger charge is 2.08. The van der Waals surface area contributed by atoms with Gasteiger partial charge in [-0.25, -0.2) is 0 Å². The minimum atomic E-state index is 0.236. The summed E-state index contributed by atoms with van der Waals surface area (Å²) in [7, 11) is 5.66. The average Bonchev–Trinajstić information content (AvgIpc) is 1.65. The van der Waals surface area contributed by atoms with Crippen LogP contribution in [-0.4, -0.2) is 27.4 Å². The van der Waals surface area contributed by atoms with E-state index in [2.05, 4.69) is 0 Å². The van der Waals surface area contributed by atoms with Crippen molar-refractivity contribution >= 4 is 0 Å². The van der Waals surface area contributed by atoms with Crippen molar-refractivity contribution in [1.82, 2.24) is 4.90 Å². The molecule has 0 aromatic carbocycles. The first-order valence-electron chi connectivity index (χ1n) is 2.37. The lowest BCUT2D eigenvalue weighted by Gasteiger charge is -2.06. The number of methoxy groups -OCH3 is 1. The Kier molecular flexibility index (Phi) is 2.96. The number of hydrogen-bond donors (Lipinski definition) is 0. The molecule has 7 heavy (non-hydrogen) atoms. The Morgan fingerprint density at radius 2 is 1.86 bits per heavy atom. The first-order chi connectivity index (χ1) is 3.18. The van der Waals surface area contributed by atoms with Crippen LogP contribution in [0, 0.1) is 0 Å². The molecule has 1 radical (unpaired) electrons. The molecule has 0 aliphatic rings. The second-order valence-corrected chi connectivity index (χ2v) is 1.80. The van der Waals surface area contributed by atoms with E-state index in [1.54, 1.807) is 7.11 Å². The van der Waals surface area contributed by atoms with Crippen molar-refractivity contribution in [2.24, 2.45) is 0 Å². The van der Waals surface area contributed by atoms with Crippen LogP contribution in [0.25, 0.3) is 0 Å². The van der Waals surface area contributed by atoms with Gasteiger partial charge in [-0.15, -0.1) is 4.90 Å². The molecule has 0 aromatic rings. The van der Waals surface area contributed by atoms with Crippen molar-refractivity contribution in [2.45, 2.75) is 13.2 Å². The first-order valence-corrected chi connectivity index (χ1v) is 2.37. The maximum atomic E-state index is 4.94. The Bertz CT molecular complexity index is 45.3. The Balaban J connectivity index is 3.14. The Labute approximate surface area is 45.1 Å². The summed E-state index contributed by atoms with van der Waals surface area (Å²) < 4.78 is 4.94. The lowest BCUT2D eigenvalue weighted by atomic mass is 10.6. The van der Waals surface area contributed by atoms with E-state index in [0.29, 0.717) is 0 Å². The van der Waals surface area contributed by atoms with E-state index in [9.17, 15) is 0 Å². The van der Waals surface area contributed by atoms with Crippen LogP contribution in [0.15, 0.2) is 0 Å². The van der Waals surface area contributed by atoms with Gasteiger partial charge in [-0.05, 0) is 0 Å². The number of hydrogen-bond acceptors (Lipinski definition) is 2. The summed E-state index contributed by atoms with van der Waals surface area (Å²) >= 11 is 0. The first kappa shape index (κ1) is 6.92. The van der Waals surface area contributed by atoms with Gasteiger partial charge in [-0.3, -0.25) is 0 Å². The summed E-state index contributed by atoms with van der Waals surface area (Å²) in [6.07, 6.45) is 0.236. The Hall–Kier alpha value is -0.0800. The van der Waals surface area contributed by atoms with E-state index in [-0.39, 0.29) is 6.23 Å². The zero-order valence-electron chi connectivity index (χ0n) is 5.43. The molecule has 0 amide bonds. The van der Waals surface area contributed by atoms with Crippen molar-refractivity contribution in [3.05, 3.63) is 0 Å². The molecular formula is C5H13NO+. The normalized spacial score (nSPS) is 15.0. The van der Waals surface area contributed by atoms with Gasteiger partial charge in [0.05, 0.1) is 0 Å². The maximum Gasteiger partial charge on any atom is 0.232 e. The highest BCUT2D eigenvalue weighted by Crippen LogP contribution is 1.84. The SMILES string of the molecule is COC(C)[N+](C)C. The summed E-state index contributed by atoms with van der Waals surface area (Å²) in [5, 5.41) is 0. The molecule has 0 saturated heterocycles. The van der Waals surface area contributed by atoms with Gasteiger partial charge in [0, 0.05) is 14.0 Å². The maximum absolute atomic E-state index is 4.94. The molecule has 0 saturated carbocycles. The lowest BCUT2D eigenvalue weighted by Crippen LogP contribution is -2.31. The van der Waals surface area contributed by atoms with Gasteiger partial charge < -0.3 is 4.74 Å². The van der Waals surface area contributed by atoms with Gasteiger partial charge in [0.25, 0.3) is 0 Å². The molecule has 2 heteroatoms. The third kappa shape index (κ3) is 2.60. The molecule has 0 aliphatic carbocycles. The van der Waals surface area contributed by atoms with E-state index in [1.165, 1.54) is 0 Å². The van der Waals surface area contributed by atoms with Gasteiger partial charge >= 0.3 is 0 Å². The molecule has 1 atom stereocenters. The smallest absolute Gasteiger partial charge is 0.232 e. The summed E-state index contributed by atoms with van der Waals surface area (Å²) in [5.41, 5.74) is 0. The fraction of sp³-hybridized carbons (Fsp3) is 1.00. The van der Waals surface area contributed by atoms with Gasteiger partial charge in [0.1, 0.15) is 14.1 Å². The predicted molar refractivity (Wildman–Crippen MR) is 30.5 cm³/mol.